The Balaban J connectivity index is 2.80. The summed E-state index contributed by atoms with van der Waals surface area (Å²) >= 11 is 7.24. The molecule has 0 aliphatic heterocycles. The van der Waals surface area contributed by atoms with Crippen LogP contribution in [0.2, 0.25) is 5.02 Å². The summed E-state index contributed by atoms with van der Waals surface area (Å²) in [5, 5.41) is 10.4. The van der Waals surface area contributed by atoms with Crippen molar-refractivity contribution in [3.05, 3.63) is 11.2 Å². The molecule has 0 aliphatic rings. The van der Waals surface area contributed by atoms with E-state index in [4.69, 9.17) is 17.3 Å². The van der Waals surface area contributed by atoms with Crippen molar-refractivity contribution in [3.8, 4) is 0 Å². The Labute approximate surface area is 91.9 Å². The minimum absolute atomic E-state index is 0.0156. The number of aromatic nitrogens is 2. The van der Waals surface area contributed by atoms with Crippen molar-refractivity contribution in [1.29, 1.82) is 0 Å². The molecule has 4 nitrogen and oxygen atoms in total. The highest BCUT2D eigenvalue weighted by Gasteiger charge is 2.14. The van der Waals surface area contributed by atoms with Crippen LogP contribution in [0, 0.1) is 0 Å². The number of anilines is 1. The lowest BCUT2D eigenvalue weighted by Crippen LogP contribution is -2.15. The quantitative estimate of drug-likeness (QED) is 0.613. The highest BCUT2D eigenvalue weighted by Crippen LogP contribution is 2.29. The number of aliphatic hydroxyl groups is 1. The third kappa shape index (κ3) is 3.01. The molecule has 2 unspecified atom stereocenters. The third-order valence-electron chi connectivity index (χ3n) is 1.71. The predicted molar refractivity (Wildman–Crippen MR) is 58.5 cm³/mol. The van der Waals surface area contributed by atoms with E-state index in [2.05, 4.69) is 9.97 Å². The maximum atomic E-state index is 9.30. The number of halogens is 1. The molecule has 1 heterocycles. The van der Waals surface area contributed by atoms with E-state index in [9.17, 15) is 5.11 Å². The lowest BCUT2D eigenvalue weighted by Gasteiger charge is -2.13. The van der Waals surface area contributed by atoms with Crippen molar-refractivity contribution >= 4 is 29.3 Å². The second-order valence-corrected chi connectivity index (χ2v) is 4.72. The van der Waals surface area contributed by atoms with Crippen molar-refractivity contribution in [3.63, 3.8) is 0 Å². The maximum Gasteiger partial charge on any atom is 0.221 e. The van der Waals surface area contributed by atoms with Crippen LogP contribution >= 0.6 is 23.4 Å². The number of thioether (sulfide) groups is 1. The van der Waals surface area contributed by atoms with Gasteiger partial charge in [-0.15, -0.1) is 0 Å². The van der Waals surface area contributed by atoms with Crippen LogP contribution in [0.3, 0.4) is 0 Å². The molecule has 0 fully saturated rings. The molecule has 78 valence electrons. The fourth-order valence-electron chi connectivity index (χ4n) is 0.722. The van der Waals surface area contributed by atoms with Gasteiger partial charge in [-0.2, -0.15) is 0 Å². The van der Waals surface area contributed by atoms with E-state index < -0.39 is 6.10 Å². The van der Waals surface area contributed by atoms with Crippen molar-refractivity contribution < 1.29 is 5.11 Å². The Morgan fingerprint density at radius 1 is 1.57 bits per heavy atom. The zero-order chi connectivity index (χ0) is 10.7. The Morgan fingerprint density at radius 2 is 2.21 bits per heavy atom. The van der Waals surface area contributed by atoms with E-state index in [0.29, 0.717) is 10.0 Å². The van der Waals surface area contributed by atoms with Gasteiger partial charge in [0.1, 0.15) is 5.03 Å². The molecule has 14 heavy (non-hydrogen) atoms. The van der Waals surface area contributed by atoms with Crippen LogP contribution in [0.4, 0.5) is 5.95 Å². The first kappa shape index (κ1) is 11.6. The molecule has 1 aromatic heterocycles. The highest BCUT2D eigenvalue weighted by molar-refractivity contribution is 8.00. The molecule has 1 aromatic rings. The van der Waals surface area contributed by atoms with Gasteiger partial charge in [0.05, 0.1) is 17.3 Å². The van der Waals surface area contributed by atoms with Crippen LogP contribution in [-0.2, 0) is 0 Å². The molecule has 3 N–H and O–H groups in total. The van der Waals surface area contributed by atoms with Crippen molar-refractivity contribution in [2.24, 2.45) is 0 Å². The number of nitrogens with zero attached hydrogens (tertiary/aromatic N) is 2. The average Bonchev–Trinajstić information content (AvgIpc) is 2.11. The van der Waals surface area contributed by atoms with Gasteiger partial charge in [-0.25, -0.2) is 9.97 Å². The van der Waals surface area contributed by atoms with Crippen LogP contribution in [0.25, 0.3) is 0 Å². The summed E-state index contributed by atoms with van der Waals surface area (Å²) in [5.41, 5.74) is 5.42. The molecule has 6 heteroatoms. The van der Waals surface area contributed by atoms with Gasteiger partial charge < -0.3 is 10.8 Å². The monoisotopic (exact) mass is 233 g/mol. The normalized spacial score (nSPS) is 15.1. The highest BCUT2D eigenvalue weighted by atomic mass is 35.5. The first-order valence-corrected chi connectivity index (χ1v) is 5.39. The minimum Gasteiger partial charge on any atom is -0.392 e. The second-order valence-electron chi connectivity index (χ2n) is 2.94. The van der Waals surface area contributed by atoms with Gasteiger partial charge in [-0.1, -0.05) is 30.3 Å². The van der Waals surface area contributed by atoms with E-state index in [1.54, 1.807) is 6.92 Å². The second kappa shape index (κ2) is 4.82. The van der Waals surface area contributed by atoms with E-state index in [-0.39, 0.29) is 11.2 Å². The molecule has 0 aromatic carbocycles. The first-order valence-electron chi connectivity index (χ1n) is 4.13. The third-order valence-corrected chi connectivity index (χ3v) is 3.40. The summed E-state index contributed by atoms with van der Waals surface area (Å²) in [6.45, 7) is 3.61. The van der Waals surface area contributed by atoms with Gasteiger partial charge >= 0.3 is 0 Å². The Kier molecular flexibility index (Phi) is 3.97. The van der Waals surface area contributed by atoms with Gasteiger partial charge in [0.25, 0.3) is 0 Å². The molecular formula is C8H12ClN3OS. The number of rotatable bonds is 3. The Bertz CT molecular complexity index is 321. The molecule has 0 spiro atoms. The maximum absolute atomic E-state index is 9.30. The Hall–Kier alpha value is -0.520. The van der Waals surface area contributed by atoms with Crippen LogP contribution in [0.1, 0.15) is 13.8 Å². The van der Waals surface area contributed by atoms with Gasteiger partial charge in [-0.05, 0) is 6.92 Å². The van der Waals surface area contributed by atoms with Crippen LogP contribution in [0.5, 0.6) is 0 Å². The fourth-order valence-corrected chi connectivity index (χ4v) is 1.81. The van der Waals surface area contributed by atoms with Crippen molar-refractivity contribution in [2.75, 3.05) is 5.73 Å². The molecule has 0 saturated heterocycles. The van der Waals surface area contributed by atoms with Crippen LogP contribution in [-0.4, -0.2) is 26.4 Å². The van der Waals surface area contributed by atoms with Crippen molar-refractivity contribution in [2.45, 2.75) is 30.2 Å². The number of nitrogens with two attached hydrogens (primary N) is 1. The van der Waals surface area contributed by atoms with E-state index in [1.807, 2.05) is 6.92 Å². The van der Waals surface area contributed by atoms with E-state index in [0.717, 1.165) is 0 Å². The minimum atomic E-state index is -0.424. The molecule has 0 aliphatic carbocycles. The SMILES string of the molecule is CC(O)C(C)Sc1nc(N)ncc1Cl. The van der Waals surface area contributed by atoms with Gasteiger partial charge in [0.15, 0.2) is 0 Å². The van der Waals surface area contributed by atoms with E-state index in [1.165, 1.54) is 18.0 Å². The summed E-state index contributed by atoms with van der Waals surface area (Å²) < 4.78 is 0. The number of hydrogen-bond donors (Lipinski definition) is 2. The molecule has 0 saturated carbocycles. The molecule has 0 radical (unpaired) electrons. The molecule has 1 rings (SSSR count). The summed E-state index contributed by atoms with van der Waals surface area (Å²) in [6.07, 6.45) is 1.04. The Morgan fingerprint density at radius 3 is 2.79 bits per heavy atom. The predicted octanol–water partition coefficient (Wildman–Crippen LogP) is 1.57. The lowest BCUT2D eigenvalue weighted by atomic mass is 10.3. The van der Waals surface area contributed by atoms with E-state index >= 15 is 0 Å². The van der Waals surface area contributed by atoms with Gasteiger partial charge in [-0.3, -0.25) is 0 Å². The molecule has 2 atom stereocenters. The number of nitrogen functional groups attached to an aromatic ring is 1. The summed E-state index contributed by atoms with van der Waals surface area (Å²) in [4.78, 5) is 7.73. The molecular weight excluding hydrogens is 222 g/mol. The standard InChI is InChI=1S/C8H12ClN3OS/c1-4(13)5(2)14-7-6(9)3-11-8(10)12-7/h3-5,13H,1-2H3,(H2,10,11,12). The molecule has 0 bridgehead atoms. The summed E-state index contributed by atoms with van der Waals surface area (Å²) in [7, 11) is 0. The largest absolute Gasteiger partial charge is 0.392 e. The number of aliphatic hydroxyl groups excluding tert-OH is 1. The van der Waals surface area contributed by atoms with Crippen molar-refractivity contribution in [1.82, 2.24) is 9.97 Å². The first-order chi connectivity index (χ1) is 6.50. The summed E-state index contributed by atoms with van der Waals surface area (Å²) in [6, 6.07) is 0. The molecule has 0 amide bonds. The topological polar surface area (TPSA) is 72.0 Å². The van der Waals surface area contributed by atoms with Crippen LogP contribution in [0.15, 0.2) is 11.2 Å². The van der Waals surface area contributed by atoms with Gasteiger partial charge in [0.2, 0.25) is 5.95 Å². The van der Waals surface area contributed by atoms with Crippen LogP contribution < -0.4 is 5.73 Å². The zero-order valence-corrected chi connectivity index (χ0v) is 9.51. The average molecular weight is 234 g/mol. The lowest BCUT2D eigenvalue weighted by molar-refractivity contribution is 0.196. The number of hydrogen-bond acceptors (Lipinski definition) is 5. The fraction of sp³-hybridized carbons (Fsp3) is 0.500. The van der Waals surface area contributed by atoms with Gasteiger partial charge in [0, 0.05) is 5.25 Å². The zero-order valence-electron chi connectivity index (χ0n) is 7.94. The smallest absolute Gasteiger partial charge is 0.221 e. The summed E-state index contributed by atoms with van der Waals surface area (Å²) in [5.74, 6) is 0.190.